The van der Waals surface area contributed by atoms with Crippen molar-refractivity contribution in [2.45, 2.75) is 27.7 Å². The van der Waals surface area contributed by atoms with Gasteiger partial charge < -0.3 is 4.74 Å². The van der Waals surface area contributed by atoms with Crippen LogP contribution in [0.2, 0.25) is 0 Å². The van der Waals surface area contributed by atoms with Crippen molar-refractivity contribution in [2.75, 3.05) is 7.11 Å². The maximum absolute atomic E-state index is 5.96. The van der Waals surface area contributed by atoms with Crippen molar-refractivity contribution in [2.24, 2.45) is 5.92 Å². The summed E-state index contributed by atoms with van der Waals surface area (Å²) in [6.45, 7) is 7.75. The smallest absolute Gasteiger partial charge is 0.137 e. The van der Waals surface area contributed by atoms with E-state index in [1.165, 1.54) is 0 Å². The molecule has 0 rings (SSSR count). The first-order chi connectivity index (χ1) is 5.91. The highest BCUT2D eigenvalue weighted by Gasteiger charge is 2.14. The van der Waals surface area contributed by atoms with Crippen LogP contribution in [0, 0.1) is 5.92 Å². The minimum atomic E-state index is 0.307. The fraction of sp³-hybridized carbons (Fsp3) is 0.600. The predicted octanol–water partition coefficient (Wildman–Crippen LogP) is 4.27. The molecule has 0 aromatic carbocycles. The summed E-state index contributed by atoms with van der Waals surface area (Å²) in [5.74, 6) is 0.991. The number of allylic oxidation sites excluding steroid dienone is 3. The zero-order valence-corrected chi connectivity index (χ0v) is 10.3. The van der Waals surface area contributed by atoms with Gasteiger partial charge in [-0.15, -0.1) is 0 Å². The van der Waals surface area contributed by atoms with Crippen LogP contribution in [0.3, 0.4) is 0 Å². The summed E-state index contributed by atoms with van der Waals surface area (Å²) in [6.07, 6.45) is 0. The Hall–Kier alpha value is -0.140. The summed E-state index contributed by atoms with van der Waals surface area (Å²) in [7, 11) is 1.60. The van der Waals surface area contributed by atoms with Gasteiger partial charge in [0.2, 0.25) is 0 Å². The van der Waals surface area contributed by atoms with Crippen molar-refractivity contribution in [3.8, 4) is 0 Å². The molecule has 0 aliphatic carbocycles. The Morgan fingerprint density at radius 2 is 1.54 bits per heavy atom. The average Bonchev–Trinajstić information content (AvgIpc) is 1.97. The van der Waals surface area contributed by atoms with E-state index in [4.69, 9.17) is 27.9 Å². The minimum absolute atomic E-state index is 0.307. The summed E-state index contributed by atoms with van der Waals surface area (Å²) in [5.41, 5.74) is 0.969. The fourth-order valence-corrected chi connectivity index (χ4v) is 1.74. The topological polar surface area (TPSA) is 9.23 Å². The zero-order valence-electron chi connectivity index (χ0n) is 8.74. The van der Waals surface area contributed by atoms with Crippen molar-refractivity contribution < 1.29 is 4.74 Å². The van der Waals surface area contributed by atoms with Gasteiger partial charge in [-0.1, -0.05) is 37.0 Å². The molecule has 76 valence electrons. The average molecular weight is 223 g/mol. The van der Waals surface area contributed by atoms with Gasteiger partial charge in [-0.25, -0.2) is 0 Å². The summed E-state index contributed by atoms with van der Waals surface area (Å²) < 4.78 is 5.20. The highest BCUT2D eigenvalue weighted by atomic mass is 35.5. The molecule has 0 unspecified atom stereocenters. The van der Waals surface area contributed by atoms with Crippen LogP contribution in [0.1, 0.15) is 27.7 Å². The maximum Gasteiger partial charge on any atom is 0.137 e. The Morgan fingerprint density at radius 3 is 1.62 bits per heavy atom. The van der Waals surface area contributed by atoms with Gasteiger partial charge >= 0.3 is 0 Å². The summed E-state index contributed by atoms with van der Waals surface area (Å²) >= 11 is 11.9. The van der Waals surface area contributed by atoms with E-state index in [0.29, 0.717) is 16.7 Å². The van der Waals surface area contributed by atoms with Crippen LogP contribution >= 0.6 is 23.2 Å². The lowest BCUT2D eigenvalue weighted by Crippen LogP contribution is -2.03. The molecule has 0 aromatic heterocycles. The molecular formula is C10H16Cl2O. The fourth-order valence-electron chi connectivity index (χ4n) is 1.25. The predicted molar refractivity (Wildman–Crippen MR) is 59.0 cm³/mol. The van der Waals surface area contributed by atoms with Crippen LogP contribution in [-0.4, -0.2) is 7.11 Å². The van der Waals surface area contributed by atoms with Crippen LogP contribution in [0.25, 0.3) is 0 Å². The molecule has 0 radical (unpaired) electrons. The normalized spacial score (nSPS) is 15.4. The number of hydrogen-bond acceptors (Lipinski definition) is 1. The van der Waals surface area contributed by atoms with Gasteiger partial charge in [-0.05, 0) is 19.8 Å². The number of rotatable bonds is 3. The van der Waals surface area contributed by atoms with Crippen LogP contribution in [0.4, 0.5) is 0 Å². The third-order valence-electron chi connectivity index (χ3n) is 1.71. The van der Waals surface area contributed by atoms with Crippen molar-refractivity contribution >= 4 is 23.2 Å². The summed E-state index contributed by atoms with van der Waals surface area (Å²) in [5, 5.41) is 1.36. The summed E-state index contributed by atoms with van der Waals surface area (Å²) in [4.78, 5) is 0. The lowest BCUT2D eigenvalue weighted by Gasteiger charge is -2.16. The van der Waals surface area contributed by atoms with Crippen molar-refractivity contribution in [3.63, 3.8) is 0 Å². The molecule has 0 aliphatic rings. The Bertz CT molecular complexity index is 231. The van der Waals surface area contributed by atoms with E-state index < -0.39 is 0 Å². The first-order valence-electron chi connectivity index (χ1n) is 4.18. The zero-order chi connectivity index (χ0) is 10.6. The van der Waals surface area contributed by atoms with E-state index in [9.17, 15) is 0 Å². The monoisotopic (exact) mass is 222 g/mol. The molecule has 13 heavy (non-hydrogen) atoms. The van der Waals surface area contributed by atoms with Crippen LogP contribution in [0.15, 0.2) is 21.4 Å². The summed E-state index contributed by atoms with van der Waals surface area (Å²) in [6, 6.07) is 0. The van der Waals surface area contributed by atoms with Gasteiger partial charge in [-0.2, -0.15) is 0 Å². The van der Waals surface area contributed by atoms with E-state index in [2.05, 4.69) is 13.8 Å². The largest absolute Gasteiger partial charge is 0.495 e. The molecule has 0 amide bonds. The van der Waals surface area contributed by atoms with Crippen LogP contribution < -0.4 is 0 Å². The Morgan fingerprint density at radius 1 is 1.08 bits per heavy atom. The molecule has 0 heterocycles. The van der Waals surface area contributed by atoms with Gasteiger partial charge in [0.25, 0.3) is 0 Å². The van der Waals surface area contributed by atoms with E-state index in [-0.39, 0.29) is 0 Å². The lowest BCUT2D eigenvalue weighted by molar-refractivity contribution is 0.292. The van der Waals surface area contributed by atoms with E-state index in [0.717, 1.165) is 10.6 Å². The molecule has 0 aromatic rings. The van der Waals surface area contributed by atoms with Gasteiger partial charge in [0.05, 0.1) is 12.1 Å². The van der Waals surface area contributed by atoms with E-state index in [1.54, 1.807) is 14.0 Å². The van der Waals surface area contributed by atoms with Crippen molar-refractivity contribution in [1.29, 1.82) is 0 Å². The van der Waals surface area contributed by atoms with Gasteiger partial charge in [-0.3, -0.25) is 0 Å². The second-order valence-corrected chi connectivity index (χ2v) is 4.30. The molecule has 3 heteroatoms. The molecule has 0 aliphatic heterocycles. The third kappa shape index (κ3) is 3.61. The second-order valence-electron chi connectivity index (χ2n) is 3.17. The van der Waals surface area contributed by atoms with Crippen molar-refractivity contribution in [3.05, 3.63) is 21.4 Å². The van der Waals surface area contributed by atoms with Crippen molar-refractivity contribution in [1.82, 2.24) is 0 Å². The highest BCUT2D eigenvalue weighted by molar-refractivity contribution is 6.31. The number of hydrogen-bond donors (Lipinski definition) is 0. The standard InChI is InChI=1S/C10H16Cl2O/c1-6(2)9(7(3)11)10(13-5)8(4)12/h6H,1-5H3/b9-7+,10-8-. The van der Waals surface area contributed by atoms with Gasteiger partial charge in [0.15, 0.2) is 0 Å². The first kappa shape index (κ1) is 12.9. The molecule has 0 bridgehead atoms. The number of halogens is 2. The molecular weight excluding hydrogens is 207 g/mol. The number of methoxy groups -OCH3 is 1. The third-order valence-corrected chi connectivity index (χ3v) is 2.09. The SMILES string of the molecule is COC(=C(/C)Cl)/C(=C(\C)Cl)C(C)C. The quantitative estimate of drug-likeness (QED) is 0.512. The lowest BCUT2D eigenvalue weighted by atomic mass is 10.0. The Balaban J connectivity index is 5.21. The van der Waals surface area contributed by atoms with E-state index in [1.807, 2.05) is 6.92 Å². The highest BCUT2D eigenvalue weighted by Crippen LogP contribution is 2.29. The Kier molecular flexibility index (Phi) is 5.50. The molecule has 0 spiro atoms. The van der Waals surface area contributed by atoms with E-state index >= 15 is 0 Å². The first-order valence-corrected chi connectivity index (χ1v) is 4.94. The van der Waals surface area contributed by atoms with Gasteiger partial charge in [0, 0.05) is 10.6 Å². The minimum Gasteiger partial charge on any atom is -0.495 e. The van der Waals surface area contributed by atoms with Crippen LogP contribution in [0.5, 0.6) is 0 Å². The maximum atomic E-state index is 5.96. The second kappa shape index (κ2) is 5.56. The molecule has 0 fully saturated rings. The van der Waals surface area contributed by atoms with Crippen LogP contribution in [-0.2, 0) is 4.74 Å². The molecule has 0 saturated carbocycles. The van der Waals surface area contributed by atoms with Gasteiger partial charge in [0.1, 0.15) is 5.76 Å². The molecule has 1 nitrogen and oxygen atoms in total. The molecule has 0 saturated heterocycles. The molecule has 0 atom stereocenters. The Labute approximate surface area is 90.4 Å². The molecule has 0 N–H and O–H groups in total. The number of ether oxygens (including phenoxy) is 1.